The maximum atomic E-state index is 11.0. The molecule has 0 aliphatic heterocycles. The van der Waals surface area contributed by atoms with E-state index in [1.807, 2.05) is 5.48 Å². The van der Waals surface area contributed by atoms with E-state index >= 15 is 0 Å². The maximum absolute atomic E-state index is 11.0. The Kier molecular flexibility index (Phi) is 9.09. The van der Waals surface area contributed by atoms with E-state index in [0.29, 0.717) is 19.4 Å². The summed E-state index contributed by atoms with van der Waals surface area (Å²) < 4.78 is 4.70. The molecule has 0 aromatic carbocycles. The van der Waals surface area contributed by atoms with E-state index in [2.05, 4.69) is 11.9 Å². The normalized spacial score (nSPS) is 11.6. The third-order valence-electron chi connectivity index (χ3n) is 2.17. The van der Waals surface area contributed by atoms with Crippen LogP contribution < -0.4 is 10.8 Å². The van der Waals surface area contributed by atoms with Crippen LogP contribution >= 0.6 is 0 Å². The van der Waals surface area contributed by atoms with Crippen LogP contribution in [-0.4, -0.2) is 44.0 Å². The van der Waals surface area contributed by atoms with Crippen molar-refractivity contribution in [3.05, 3.63) is 12.7 Å². The number of amides is 1. The van der Waals surface area contributed by atoms with Crippen molar-refractivity contribution in [1.82, 2.24) is 10.8 Å². The van der Waals surface area contributed by atoms with Gasteiger partial charge < -0.3 is 20.1 Å². The van der Waals surface area contributed by atoms with E-state index in [9.17, 15) is 9.59 Å². The summed E-state index contributed by atoms with van der Waals surface area (Å²) in [6, 6.07) is -0.525. The van der Waals surface area contributed by atoms with Crippen molar-refractivity contribution in [2.24, 2.45) is 0 Å². The third kappa shape index (κ3) is 8.47. The molecule has 0 spiro atoms. The first kappa shape index (κ1) is 15.7. The first-order valence-corrected chi connectivity index (χ1v) is 5.53. The van der Waals surface area contributed by atoms with E-state index < -0.39 is 12.1 Å². The van der Waals surface area contributed by atoms with Gasteiger partial charge in [-0.15, -0.1) is 0 Å². The molecule has 0 bridgehead atoms. The minimum absolute atomic E-state index is 0.106. The Hall–Kier alpha value is -1.34. The molecule has 0 fully saturated rings. The highest BCUT2D eigenvalue weighted by atomic mass is 16.5. The molecule has 1 amide bonds. The number of alkyl carbamates (subject to hydrolysis) is 1. The first-order valence-electron chi connectivity index (χ1n) is 5.53. The van der Waals surface area contributed by atoms with Crippen LogP contribution in [0.4, 0.5) is 4.79 Å². The molecule has 1 atom stereocenters. The van der Waals surface area contributed by atoms with Crippen LogP contribution in [0.15, 0.2) is 12.7 Å². The molecule has 0 aliphatic rings. The highest BCUT2D eigenvalue weighted by molar-refractivity contribution is 6.59. The van der Waals surface area contributed by atoms with Gasteiger partial charge in [-0.1, -0.05) is 12.7 Å². The number of carbonyl (C=O) groups is 2. The Morgan fingerprint density at radius 2 is 2.18 bits per heavy atom. The van der Waals surface area contributed by atoms with Crippen molar-refractivity contribution in [3.8, 4) is 0 Å². The van der Waals surface area contributed by atoms with Crippen LogP contribution in [0.25, 0.3) is 0 Å². The van der Waals surface area contributed by atoms with E-state index in [1.54, 1.807) is 0 Å². The topological polar surface area (TPSA) is 87.7 Å². The van der Waals surface area contributed by atoms with E-state index in [-0.39, 0.29) is 12.3 Å². The van der Waals surface area contributed by atoms with Crippen molar-refractivity contribution in [2.75, 3.05) is 13.2 Å². The van der Waals surface area contributed by atoms with Crippen LogP contribution in [-0.2, 0) is 9.53 Å². The number of unbranched alkanes of at least 4 members (excludes halogenated alkanes) is 1. The number of rotatable bonds is 9. The van der Waals surface area contributed by atoms with Gasteiger partial charge in [0, 0.05) is 6.54 Å². The standard InChI is InChI=1S/C10H19BN2O4/c1-2-7-17-10(15)12-6-4-3-5-8(13-16)9(11)14/h2,8,13,16H,1,3-7,11H2,(H,12,15)/t8-/m0/s1. The van der Waals surface area contributed by atoms with Crippen molar-refractivity contribution in [2.45, 2.75) is 25.3 Å². The van der Waals surface area contributed by atoms with E-state index in [4.69, 9.17) is 9.94 Å². The molecule has 96 valence electrons. The molecular weight excluding hydrogens is 223 g/mol. The lowest BCUT2D eigenvalue weighted by Crippen LogP contribution is -2.34. The third-order valence-corrected chi connectivity index (χ3v) is 2.17. The fourth-order valence-corrected chi connectivity index (χ4v) is 1.21. The first-order chi connectivity index (χ1) is 8.11. The van der Waals surface area contributed by atoms with Gasteiger partial charge in [-0.05, 0) is 19.3 Å². The largest absolute Gasteiger partial charge is 0.445 e. The Labute approximate surface area is 102 Å². The monoisotopic (exact) mass is 242 g/mol. The van der Waals surface area contributed by atoms with Crippen molar-refractivity contribution in [1.29, 1.82) is 0 Å². The molecule has 0 aromatic rings. The van der Waals surface area contributed by atoms with Gasteiger partial charge in [-0.25, -0.2) is 4.79 Å². The summed E-state index contributed by atoms with van der Waals surface area (Å²) in [6.45, 7) is 4.09. The second kappa shape index (κ2) is 9.86. The highest BCUT2D eigenvalue weighted by Crippen LogP contribution is 2.00. The van der Waals surface area contributed by atoms with Crippen LogP contribution in [0.3, 0.4) is 0 Å². The summed E-state index contributed by atoms with van der Waals surface area (Å²) in [5.74, 6) is 0. The lowest BCUT2D eigenvalue weighted by Gasteiger charge is -2.11. The van der Waals surface area contributed by atoms with Crippen molar-refractivity contribution < 1.29 is 19.5 Å². The summed E-state index contributed by atoms with van der Waals surface area (Å²) in [7, 11) is 1.42. The summed E-state index contributed by atoms with van der Waals surface area (Å²) in [4.78, 5) is 21.9. The Bertz CT molecular complexity index is 261. The summed E-state index contributed by atoms with van der Waals surface area (Å²) in [5.41, 5.74) is 1.85. The predicted molar refractivity (Wildman–Crippen MR) is 65.7 cm³/mol. The van der Waals surface area contributed by atoms with Crippen LogP contribution in [0, 0.1) is 0 Å². The molecular formula is C10H19BN2O4. The van der Waals surface area contributed by atoms with Crippen LogP contribution in [0.2, 0.25) is 0 Å². The number of hydrogen-bond donors (Lipinski definition) is 3. The summed E-state index contributed by atoms with van der Waals surface area (Å²) in [6.07, 6.45) is 2.99. The molecule has 0 radical (unpaired) electrons. The van der Waals surface area contributed by atoms with Gasteiger partial charge >= 0.3 is 6.09 Å². The molecule has 0 saturated heterocycles. The SMILES string of the molecule is BC(=O)[C@H](CCCCNC(=O)OCC=C)NO. The smallest absolute Gasteiger partial charge is 0.407 e. The number of carbonyl (C=O) groups excluding carboxylic acids is 2. The van der Waals surface area contributed by atoms with Crippen molar-refractivity contribution in [3.63, 3.8) is 0 Å². The van der Waals surface area contributed by atoms with Crippen molar-refractivity contribution >= 4 is 19.6 Å². The zero-order chi connectivity index (χ0) is 13.1. The average molecular weight is 242 g/mol. The summed E-state index contributed by atoms with van der Waals surface area (Å²) >= 11 is 0. The van der Waals surface area contributed by atoms with Gasteiger partial charge in [0.2, 0.25) is 0 Å². The maximum Gasteiger partial charge on any atom is 0.407 e. The molecule has 0 rings (SSSR count). The fraction of sp³-hybridized carbons (Fsp3) is 0.600. The number of nitrogens with one attached hydrogen (secondary N) is 2. The predicted octanol–water partition coefficient (Wildman–Crippen LogP) is -0.424. The number of hydrogen-bond acceptors (Lipinski definition) is 5. The van der Waals surface area contributed by atoms with Crippen LogP contribution in [0.1, 0.15) is 19.3 Å². The zero-order valence-corrected chi connectivity index (χ0v) is 10.1. The Balaban J connectivity index is 3.48. The Morgan fingerprint density at radius 1 is 1.47 bits per heavy atom. The number of hydroxylamine groups is 1. The summed E-state index contributed by atoms with van der Waals surface area (Å²) in [5, 5.41) is 11.2. The highest BCUT2D eigenvalue weighted by Gasteiger charge is 2.11. The van der Waals surface area contributed by atoms with Gasteiger partial charge in [-0.2, -0.15) is 5.48 Å². The second-order valence-corrected chi connectivity index (χ2v) is 3.60. The van der Waals surface area contributed by atoms with Gasteiger partial charge in [0.1, 0.15) is 12.3 Å². The second-order valence-electron chi connectivity index (χ2n) is 3.60. The minimum atomic E-state index is -0.525. The molecule has 3 N–H and O–H groups in total. The lowest BCUT2D eigenvalue weighted by molar-refractivity contribution is -0.116. The van der Waals surface area contributed by atoms with Gasteiger partial charge in [0.25, 0.3) is 0 Å². The lowest BCUT2D eigenvalue weighted by atomic mass is 9.92. The fourth-order valence-electron chi connectivity index (χ4n) is 1.21. The molecule has 0 aliphatic carbocycles. The minimum Gasteiger partial charge on any atom is -0.445 e. The van der Waals surface area contributed by atoms with Gasteiger partial charge in [0.15, 0.2) is 7.85 Å². The molecule has 17 heavy (non-hydrogen) atoms. The van der Waals surface area contributed by atoms with Gasteiger partial charge in [-0.3, -0.25) is 0 Å². The van der Waals surface area contributed by atoms with E-state index in [1.165, 1.54) is 13.9 Å². The zero-order valence-electron chi connectivity index (χ0n) is 10.1. The van der Waals surface area contributed by atoms with E-state index in [0.717, 1.165) is 6.42 Å². The molecule has 0 aromatic heterocycles. The quantitative estimate of drug-likeness (QED) is 0.221. The Morgan fingerprint density at radius 3 is 2.71 bits per heavy atom. The molecule has 6 nitrogen and oxygen atoms in total. The van der Waals surface area contributed by atoms with Crippen LogP contribution in [0.5, 0.6) is 0 Å². The van der Waals surface area contributed by atoms with Gasteiger partial charge in [0.05, 0.1) is 6.04 Å². The number of ether oxygens (including phenoxy) is 1. The average Bonchev–Trinajstić information content (AvgIpc) is 2.30. The molecule has 0 unspecified atom stereocenters. The molecule has 7 heteroatoms. The molecule has 0 saturated carbocycles. The molecule has 0 heterocycles.